The molecule has 2 aromatic rings. The maximum Gasteiger partial charge on any atom is 0.137 e. The summed E-state index contributed by atoms with van der Waals surface area (Å²) in [7, 11) is 2.15. The SMILES string of the molecule is CN1CCC=C(c2c[nH]c3ncc(Cl)cc23)C1. The molecule has 3 rings (SSSR count). The van der Waals surface area contributed by atoms with E-state index in [0.29, 0.717) is 5.02 Å². The molecule has 17 heavy (non-hydrogen) atoms. The Morgan fingerprint density at radius 3 is 3.18 bits per heavy atom. The van der Waals surface area contributed by atoms with Gasteiger partial charge in [0, 0.05) is 36.4 Å². The predicted octanol–water partition coefficient (Wildman–Crippen LogP) is 2.94. The Morgan fingerprint density at radius 2 is 2.35 bits per heavy atom. The zero-order chi connectivity index (χ0) is 11.8. The van der Waals surface area contributed by atoms with Crippen LogP contribution in [0.25, 0.3) is 16.6 Å². The molecule has 0 atom stereocenters. The fourth-order valence-electron chi connectivity index (χ4n) is 2.33. The highest BCUT2D eigenvalue weighted by Crippen LogP contribution is 2.28. The van der Waals surface area contributed by atoms with Crippen molar-refractivity contribution in [3.05, 3.63) is 35.1 Å². The Kier molecular flexibility index (Phi) is 2.65. The van der Waals surface area contributed by atoms with Crippen molar-refractivity contribution in [2.24, 2.45) is 0 Å². The number of pyridine rings is 1. The van der Waals surface area contributed by atoms with Crippen LogP contribution in [0.15, 0.2) is 24.5 Å². The van der Waals surface area contributed by atoms with Gasteiger partial charge in [0.2, 0.25) is 0 Å². The zero-order valence-corrected chi connectivity index (χ0v) is 10.5. The van der Waals surface area contributed by atoms with Crippen molar-refractivity contribution in [3.8, 4) is 0 Å². The number of nitrogens with zero attached hydrogens (tertiary/aromatic N) is 2. The third-order valence-electron chi connectivity index (χ3n) is 3.19. The smallest absolute Gasteiger partial charge is 0.137 e. The Bertz CT molecular complexity index is 585. The highest BCUT2D eigenvalue weighted by molar-refractivity contribution is 6.31. The summed E-state index contributed by atoms with van der Waals surface area (Å²) in [6.45, 7) is 2.12. The summed E-state index contributed by atoms with van der Waals surface area (Å²) < 4.78 is 0. The van der Waals surface area contributed by atoms with Crippen molar-refractivity contribution in [1.82, 2.24) is 14.9 Å². The number of halogens is 1. The third-order valence-corrected chi connectivity index (χ3v) is 3.39. The van der Waals surface area contributed by atoms with Gasteiger partial charge in [-0.3, -0.25) is 0 Å². The Labute approximate surface area is 105 Å². The molecule has 0 radical (unpaired) electrons. The van der Waals surface area contributed by atoms with E-state index in [2.05, 4.69) is 28.0 Å². The van der Waals surface area contributed by atoms with Gasteiger partial charge in [0.15, 0.2) is 0 Å². The normalized spacial score (nSPS) is 17.4. The minimum atomic E-state index is 0.683. The number of aromatic amines is 1. The standard InChI is InChI=1S/C13H14ClN3/c1-17-4-2-3-9(8-17)12-7-16-13-11(12)5-10(14)6-15-13/h3,5-7H,2,4,8H2,1H3,(H,15,16). The number of hydrogen-bond acceptors (Lipinski definition) is 2. The first-order valence-electron chi connectivity index (χ1n) is 5.74. The molecule has 0 fully saturated rings. The fourth-order valence-corrected chi connectivity index (χ4v) is 2.49. The molecule has 1 N–H and O–H groups in total. The monoisotopic (exact) mass is 247 g/mol. The molecule has 0 saturated carbocycles. The maximum atomic E-state index is 6.01. The van der Waals surface area contributed by atoms with Gasteiger partial charge in [-0.1, -0.05) is 17.7 Å². The van der Waals surface area contributed by atoms with E-state index in [9.17, 15) is 0 Å². The van der Waals surface area contributed by atoms with Crippen molar-refractivity contribution < 1.29 is 0 Å². The second-order valence-corrected chi connectivity index (χ2v) is 4.94. The molecule has 1 aliphatic rings. The molecule has 2 aromatic heterocycles. The fraction of sp³-hybridized carbons (Fsp3) is 0.308. The van der Waals surface area contributed by atoms with Crippen molar-refractivity contribution in [2.75, 3.05) is 20.1 Å². The highest BCUT2D eigenvalue weighted by Gasteiger charge is 2.14. The number of likely N-dealkylation sites (N-methyl/N-ethyl adjacent to an activating group) is 1. The molecule has 3 nitrogen and oxygen atoms in total. The minimum absolute atomic E-state index is 0.683. The lowest BCUT2D eigenvalue weighted by molar-refractivity contribution is 0.373. The number of H-pyrrole nitrogens is 1. The second-order valence-electron chi connectivity index (χ2n) is 4.51. The lowest BCUT2D eigenvalue weighted by Crippen LogP contribution is -2.24. The molecule has 0 aliphatic carbocycles. The quantitative estimate of drug-likeness (QED) is 0.840. The summed E-state index contributed by atoms with van der Waals surface area (Å²) >= 11 is 6.01. The second kappa shape index (κ2) is 4.17. The van der Waals surface area contributed by atoms with Crippen LogP contribution < -0.4 is 0 Å². The third kappa shape index (κ3) is 1.96. The summed E-state index contributed by atoms with van der Waals surface area (Å²) in [4.78, 5) is 9.81. The topological polar surface area (TPSA) is 31.9 Å². The Balaban J connectivity index is 2.11. The first-order chi connectivity index (χ1) is 8.24. The lowest BCUT2D eigenvalue weighted by Gasteiger charge is -2.22. The van der Waals surface area contributed by atoms with E-state index in [0.717, 1.165) is 30.5 Å². The average Bonchev–Trinajstić information content (AvgIpc) is 2.71. The largest absolute Gasteiger partial charge is 0.346 e. The van der Waals surface area contributed by atoms with E-state index >= 15 is 0 Å². The Hall–Kier alpha value is -1.32. The molecule has 3 heterocycles. The summed E-state index contributed by atoms with van der Waals surface area (Å²) in [5, 5.41) is 1.79. The van der Waals surface area contributed by atoms with E-state index in [-0.39, 0.29) is 0 Å². The molecule has 1 aliphatic heterocycles. The molecule has 0 aromatic carbocycles. The van der Waals surface area contributed by atoms with Crippen LogP contribution in [0, 0.1) is 0 Å². The molecule has 0 spiro atoms. The number of hydrogen-bond donors (Lipinski definition) is 1. The molecule has 0 amide bonds. The van der Waals surface area contributed by atoms with Gasteiger partial charge in [-0.25, -0.2) is 4.98 Å². The molecule has 88 valence electrons. The van der Waals surface area contributed by atoms with Crippen LogP contribution in [-0.2, 0) is 0 Å². The van der Waals surface area contributed by atoms with Gasteiger partial charge in [0.05, 0.1) is 5.02 Å². The molecule has 0 bridgehead atoms. The van der Waals surface area contributed by atoms with Crippen LogP contribution in [0.1, 0.15) is 12.0 Å². The van der Waals surface area contributed by atoms with Gasteiger partial charge in [-0.05, 0) is 25.1 Å². The van der Waals surface area contributed by atoms with E-state index in [1.54, 1.807) is 6.20 Å². The number of fused-ring (bicyclic) bond motifs is 1. The maximum absolute atomic E-state index is 6.01. The van der Waals surface area contributed by atoms with Crippen LogP contribution in [0.5, 0.6) is 0 Å². The van der Waals surface area contributed by atoms with Crippen molar-refractivity contribution >= 4 is 28.2 Å². The Morgan fingerprint density at radius 1 is 1.47 bits per heavy atom. The van der Waals surface area contributed by atoms with Gasteiger partial charge in [0.1, 0.15) is 5.65 Å². The van der Waals surface area contributed by atoms with Gasteiger partial charge in [0.25, 0.3) is 0 Å². The van der Waals surface area contributed by atoms with Crippen LogP contribution in [-0.4, -0.2) is 35.0 Å². The van der Waals surface area contributed by atoms with Crippen molar-refractivity contribution in [1.29, 1.82) is 0 Å². The summed E-state index contributed by atoms with van der Waals surface area (Å²) in [6.07, 6.45) is 7.11. The van der Waals surface area contributed by atoms with Gasteiger partial charge >= 0.3 is 0 Å². The van der Waals surface area contributed by atoms with Crippen molar-refractivity contribution in [3.63, 3.8) is 0 Å². The van der Waals surface area contributed by atoms with E-state index < -0.39 is 0 Å². The van der Waals surface area contributed by atoms with Crippen LogP contribution in [0.3, 0.4) is 0 Å². The number of aromatic nitrogens is 2. The summed E-state index contributed by atoms with van der Waals surface area (Å²) in [5.74, 6) is 0. The molecule has 0 unspecified atom stereocenters. The summed E-state index contributed by atoms with van der Waals surface area (Å²) in [5.41, 5.74) is 3.48. The van der Waals surface area contributed by atoms with Crippen LogP contribution in [0.2, 0.25) is 5.02 Å². The van der Waals surface area contributed by atoms with E-state index in [1.165, 1.54) is 11.1 Å². The first kappa shape index (κ1) is 10.8. The van der Waals surface area contributed by atoms with Crippen molar-refractivity contribution in [2.45, 2.75) is 6.42 Å². The average molecular weight is 248 g/mol. The molecule has 0 saturated heterocycles. The van der Waals surface area contributed by atoms with Crippen LogP contribution >= 0.6 is 11.6 Å². The van der Waals surface area contributed by atoms with Crippen LogP contribution in [0.4, 0.5) is 0 Å². The minimum Gasteiger partial charge on any atom is -0.346 e. The number of rotatable bonds is 1. The van der Waals surface area contributed by atoms with Gasteiger partial charge in [-0.2, -0.15) is 0 Å². The molecular weight excluding hydrogens is 234 g/mol. The highest BCUT2D eigenvalue weighted by atomic mass is 35.5. The van der Waals surface area contributed by atoms with Gasteiger partial charge < -0.3 is 9.88 Å². The first-order valence-corrected chi connectivity index (χ1v) is 6.12. The molecular formula is C13H14ClN3. The van der Waals surface area contributed by atoms with E-state index in [4.69, 9.17) is 11.6 Å². The lowest BCUT2D eigenvalue weighted by atomic mass is 10.0. The predicted molar refractivity (Wildman–Crippen MR) is 71.2 cm³/mol. The number of nitrogens with one attached hydrogen (secondary N) is 1. The molecule has 4 heteroatoms. The summed E-state index contributed by atoms with van der Waals surface area (Å²) in [6, 6.07) is 1.98. The zero-order valence-electron chi connectivity index (χ0n) is 9.70. The van der Waals surface area contributed by atoms with Gasteiger partial charge in [-0.15, -0.1) is 0 Å². The van der Waals surface area contributed by atoms with E-state index in [1.807, 2.05) is 12.3 Å².